The van der Waals surface area contributed by atoms with Gasteiger partial charge in [0.2, 0.25) is 5.89 Å². The van der Waals surface area contributed by atoms with Crippen LogP contribution in [-0.2, 0) is 6.18 Å². The van der Waals surface area contributed by atoms with Crippen molar-refractivity contribution in [3.05, 3.63) is 72.0 Å². The number of alkyl halides is 3. The molecular formula is C21H13F4NO2. The molecule has 4 rings (SSSR count). The number of methoxy groups -OCH3 is 1. The zero-order chi connectivity index (χ0) is 19.9. The zero-order valence-electron chi connectivity index (χ0n) is 14.5. The van der Waals surface area contributed by atoms with E-state index in [1.807, 2.05) is 0 Å². The maximum absolute atomic E-state index is 14.2. The molecule has 0 aliphatic heterocycles. The van der Waals surface area contributed by atoms with Crippen molar-refractivity contribution in [3.8, 4) is 28.3 Å². The second-order valence-corrected chi connectivity index (χ2v) is 6.12. The van der Waals surface area contributed by atoms with Gasteiger partial charge in [0.25, 0.3) is 0 Å². The number of rotatable bonds is 3. The lowest BCUT2D eigenvalue weighted by Crippen LogP contribution is -2.03. The predicted molar refractivity (Wildman–Crippen MR) is 96.4 cm³/mol. The van der Waals surface area contributed by atoms with Crippen molar-refractivity contribution in [2.45, 2.75) is 6.18 Å². The molecule has 0 bridgehead atoms. The van der Waals surface area contributed by atoms with Crippen molar-refractivity contribution < 1.29 is 26.7 Å². The number of fused-ring (bicyclic) bond motifs is 1. The molecule has 0 N–H and O–H groups in total. The smallest absolute Gasteiger partial charge is 0.416 e. The second-order valence-electron chi connectivity index (χ2n) is 6.12. The van der Waals surface area contributed by atoms with Gasteiger partial charge in [-0.2, -0.15) is 13.2 Å². The monoisotopic (exact) mass is 387 g/mol. The Kier molecular flexibility index (Phi) is 4.30. The third kappa shape index (κ3) is 3.31. The van der Waals surface area contributed by atoms with E-state index in [2.05, 4.69) is 4.98 Å². The number of hydrogen-bond donors (Lipinski definition) is 0. The lowest BCUT2D eigenvalue weighted by Gasteiger charge is -2.07. The Morgan fingerprint density at radius 1 is 0.893 bits per heavy atom. The van der Waals surface area contributed by atoms with Crippen LogP contribution in [0.25, 0.3) is 33.7 Å². The molecule has 0 spiro atoms. The molecule has 1 heterocycles. The summed E-state index contributed by atoms with van der Waals surface area (Å²) in [5.41, 5.74) is 1.61. The fraction of sp³-hybridized carbons (Fsp3) is 0.0952. The Balaban J connectivity index is 1.73. The van der Waals surface area contributed by atoms with Gasteiger partial charge in [-0.25, -0.2) is 9.37 Å². The average molecular weight is 387 g/mol. The molecule has 0 aliphatic rings. The Hall–Kier alpha value is -3.35. The van der Waals surface area contributed by atoms with Gasteiger partial charge < -0.3 is 9.15 Å². The van der Waals surface area contributed by atoms with Crippen molar-refractivity contribution in [1.29, 1.82) is 0 Å². The van der Waals surface area contributed by atoms with Crippen LogP contribution in [0.15, 0.2) is 65.1 Å². The van der Waals surface area contributed by atoms with Crippen molar-refractivity contribution in [1.82, 2.24) is 4.98 Å². The summed E-state index contributed by atoms with van der Waals surface area (Å²) in [5.74, 6) is 0.0513. The van der Waals surface area contributed by atoms with Gasteiger partial charge in [-0.1, -0.05) is 18.2 Å². The van der Waals surface area contributed by atoms with Crippen LogP contribution in [0.1, 0.15) is 5.56 Å². The summed E-state index contributed by atoms with van der Waals surface area (Å²) in [5, 5.41) is 0. The molecule has 0 atom stereocenters. The van der Waals surface area contributed by atoms with Gasteiger partial charge in [-0.3, -0.25) is 0 Å². The maximum Gasteiger partial charge on any atom is 0.416 e. The Labute approximate surface area is 157 Å². The van der Waals surface area contributed by atoms with E-state index in [1.54, 1.807) is 18.2 Å². The fourth-order valence-electron chi connectivity index (χ4n) is 2.87. The van der Waals surface area contributed by atoms with Gasteiger partial charge in [0.05, 0.1) is 18.2 Å². The highest BCUT2D eigenvalue weighted by molar-refractivity contribution is 5.82. The van der Waals surface area contributed by atoms with Crippen LogP contribution in [-0.4, -0.2) is 12.1 Å². The lowest BCUT2D eigenvalue weighted by molar-refractivity contribution is -0.137. The average Bonchev–Trinajstić information content (AvgIpc) is 3.11. The van der Waals surface area contributed by atoms with E-state index in [9.17, 15) is 17.6 Å². The summed E-state index contributed by atoms with van der Waals surface area (Å²) >= 11 is 0. The van der Waals surface area contributed by atoms with E-state index in [0.717, 1.165) is 12.1 Å². The van der Waals surface area contributed by atoms with Gasteiger partial charge in [0.1, 0.15) is 17.1 Å². The first-order valence-corrected chi connectivity index (χ1v) is 8.27. The van der Waals surface area contributed by atoms with Crippen LogP contribution >= 0.6 is 0 Å². The number of benzene rings is 3. The molecule has 3 aromatic carbocycles. The van der Waals surface area contributed by atoms with Crippen molar-refractivity contribution >= 4 is 11.1 Å². The molecular weight excluding hydrogens is 374 g/mol. The molecule has 0 aliphatic carbocycles. The van der Waals surface area contributed by atoms with E-state index < -0.39 is 17.6 Å². The number of oxazole rings is 1. The Morgan fingerprint density at radius 2 is 1.61 bits per heavy atom. The Bertz CT molecular complexity index is 1150. The largest absolute Gasteiger partial charge is 0.497 e. The summed E-state index contributed by atoms with van der Waals surface area (Å²) in [6.07, 6.45) is -4.39. The van der Waals surface area contributed by atoms with Gasteiger partial charge in [-0.15, -0.1) is 0 Å². The van der Waals surface area contributed by atoms with E-state index in [4.69, 9.17) is 9.15 Å². The van der Waals surface area contributed by atoms with Crippen LogP contribution < -0.4 is 4.74 Å². The first-order chi connectivity index (χ1) is 13.3. The minimum absolute atomic E-state index is 0.0935. The molecule has 4 aromatic rings. The molecule has 0 amide bonds. The number of halogens is 4. The Morgan fingerprint density at radius 3 is 2.29 bits per heavy atom. The van der Waals surface area contributed by atoms with Crippen molar-refractivity contribution in [2.24, 2.45) is 0 Å². The molecule has 0 saturated carbocycles. The normalized spacial score (nSPS) is 11.8. The van der Waals surface area contributed by atoms with Crippen LogP contribution in [0, 0.1) is 5.82 Å². The van der Waals surface area contributed by atoms with Gasteiger partial charge in [0, 0.05) is 0 Å². The maximum atomic E-state index is 14.2. The number of ether oxygens (including phenoxy) is 1. The molecule has 0 fully saturated rings. The van der Waals surface area contributed by atoms with Crippen LogP contribution in [0.2, 0.25) is 0 Å². The first kappa shape index (κ1) is 18.0. The molecule has 7 heteroatoms. The van der Waals surface area contributed by atoms with Gasteiger partial charge >= 0.3 is 6.18 Å². The second kappa shape index (κ2) is 6.67. The number of aromatic nitrogens is 1. The topological polar surface area (TPSA) is 35.3 Å². The van der Waals surface area contributed by atoms with E-state index in [-0.39, 0.29) is 11.5 Å². The quantitative estimate of drug-likeness (QED) is 0.386. The van der Waals surface area contributed by atoms with E-state index in [1.165, 1.54) is 37.4 Å². The van der Waals surface area contributed by atoms with Crippen LogP contribution in [0.3, 0.4) is 0 Å². The third-order valence-electron chi connectivity index (χ3n) is 4.34. The minimum atomic E-state index is -4.39. The van der Waals surface area contributed by atoms with Crippen molar-refractivity contribution in [3.63, 3.8) is 0 Å². The van der Waals surface area contributed by atoms with Gasteiger partial charge in [-0.05, 0) is 53.6 Å². The molecule has 28 heavy (non-hydrogen) atoms. The summed E-state index contributed by atoms with van der Waals surface area (Å²) in [6, 6.07) is 14.1. The highest BCUT2D eigenvalue weighted by Crippen LogP contribution is 2.33. The van der Waals surface area contributed by atoms with Crippen LogP contribution in [0.4, 0.5) is 17.6 Å². The molecule has 0 saturated heterocycles. The lowest BCUT2D eigenvalue weighted by atomic mass is 10.0. The highest BCUT2D eigenvalue weighted by Gasteiger charge is 2.30. The number of nitrogens with zero attached hydrogens (tertiary/aromatic N) is 1. The summed E-state index contributed by atoms with van der Waals surface area (Å²) in [6.45, 7) is 0. The first-order valence-electron chi connectivity index (χ1n) is 8.27. The van der Waals surface area contributed by atoms with E-state index >= 15 is 0 Å². The molecule has 0 radical (unpaired) electrons. The highest BCUT2D eigenvalue weighted by atomic mass is 19.4. The number of hydrogen-bond acceptors (Lipinski definition) is 3. The summed E-state index contributed by atoms with van der Waals surface area (Å²) in [4.78, 5) is 4.29. The molecule has 1 aromatic heterocycles. The molecule has 142 valence electrons. The minimum Gasteiger partial charge on any atom is -0.497 e. The molecule has 3 nitrogen and oxygen atoms in total. The van der Waals surface area contributed by atoms with Crippen LogP contribution in [0.5, 0.6) is 5.75 Å². The van der Waals surface area contributed by atoms with E-state index in [0.29, 0.717) is 28.0 Å². The molecule has 0 unspecified atom stereocenters. The SMILES string of the molecule is COc1ccc(F)c(-c2nc3ccc(-c4ccc(C(F)(F)F)cc4)cc3o2)c1. The predicted octanol–water partition coefficient (Wildman–Crippen LogP) is 6.33. The van der Waals surface area contributed by atoms with Gasteiger partial charge in [0.15, 0.2) is 5.58 Å². The third-order valence-corrected chi connectivity index (χ3v) is 4.34. The summed E-state index contributed by atoms with van der Waals surface area (Å²) in [7, 11) is 1.47. The van der Waals surface area contributed by atoms with Crippen molar-refractivity contribution in [2.75, 3.05) is 7.11 Å². The zero-order valence-corrected chi connectivity index (χ0v) is 14.5. The standard InChI is InChI=1S/C21H13F4NO2/c1-27-15-7-8-17(22)16(11-15)20-26-18-9-4-13(10-19(18)28-20)12-2-5-14(6-3-12)21(23,24)25/h2-11H,1H3. The fourth-order valence-corrected chi connectivity index (χ4v) is 2.87. The summed E-state index contributed by atoms with van der Waals surface area (Å²) < 4.78 is 63.1.